The molecule has 1 aromatic heterocycles. The van der Waals surface area contributed by atoms with Crippen LogP contribution < -0.4 is 19.9 Å². The van der Waals surface area contributed by atoms with Gasteiger partial charge in [0.1, 0.15) is 4.60 Å². The molecule has 1 atom stereocenters. The van der Waals surface area contributed by atoms with Gasteiger partial charge in [0.25, 0.3) is 5.91 Å². The predicted molar refractivity (Wildman–Crippen MR) is 110 cm³/mol. The van der Waals surface area contributed by atoms with Crippen molar-refractivity contribution in [2.24, 2.45) is 5.73 Å². The summed E-state index contributed by atoms with van der Waals surface area (Å²) in [6.07, 6.45) is -6.71. The maximum absolute atomic E-state index is 13.8. The zero-order chi connectivity index (χ0) is 24.1. The number of halogens is 4. The van der Waals surface area contributed by atoms with Gasteiger partial charge in [-0.3, -0.25) is 9.59 Å². The molecule has 12 heteroatoms. The number of carbonyl (C=O) groups excluding carboxylic acids is 2. The van der Waals surface area contributed by atoms with Gasteiger partial charge in [0.15, 0.2) is 29.6 Å². The summed E-state index contributed by atoms with van der Waals surface area (Å²) in [6, 6.07) is 6.09. The summed E-state index contributed by atoms with van der Waals surface area (Å²) in [5.41, 5.74) is 0.988. The summed E-state index contributed by atoms with van der Waals surface area (Å²) >= 11 is 2.99. The molecular weight excluding hydrogens is 501 g/mol. The first-order valence-electron chi connectivity index (χ1n) is 9.05. The minimum Gasteiger partial charge on any atom is -0.494 e. The number of ketones is 1. The largest absolute Gasteiger partial charge is 0.494 e. The lowest BCUT2D eigenvalue weighted by Crippen LogP contribution is -2.43. The Hall–Kier alpha value is -2.86. The van der Waals surface area contributed by atoms with Crippen LogP contribution in [0.3, 0.4) is 0 Å². The van der Waals surface area contributed by atoms with Gasteiger partial charge < -0.3 is 25.1 Å². The molecule has 0 saturated heterocycles. The standard InChI is InChI=1S/C20H20BrF3N2O6/c1-30-14-5-6-16(26-18(14)21)19(29,20(22,23)24)8-7-12(27)11-3-4-13(15(9-11)31-2)32-10-17(25)28/h3-6,9,29H,7-8,10H2,1-2H3,(H2,25,28). The van der Waals surface area contributed by atoms with Crippen LogP contribution in [0.15, 0.2) is 34.9 Å². The zero-order valence-electron chi connectivity index (χ0n) is 17.0. The summed E-state index contributed by atoms with van der Waals surface area (Å²) in [7, 11) is 2.60. The van der Waals surface area contributed by atoms with Crippen molar-refractivity contribution in [3.63, 3.8) is 0 Å². The van der Waals surface area contributed by atoms with Gasteiger partial charge in [-0.2, -0.15) is 13.2 Å². The Morgan fingerprint density at radius 1 is 1.09 bits per heavy atom. The summed E-state index contributed by atoms with van der Waals surface area (Å²) in [6.45, 7) is -0.424. The van der Waals surface area contributed by atoms with Gasteiger partial charge in [0, 0.05) is 12.0 Å². The Bertz CT molecular complexity index is 1000. The van der Waals surface area contributed by atoms with E-state index in [1.165, 1.54) is 38.5 Å². The number of rotatable bonds is 10. The fourth-order valence-electron chi connectivity index (χ4n) is 2.77. The van der Waals surface area contributed by atoms with Gasteiger partial charge in [-0.15, -0.1) is 0 Å². The van der Waals surface area contributed by atoms with E-state index >= 15 is 0 Å². The normalized spacial score (nSPS) is 13.2. The predicted octanol–water partition coefficient (Wildman–Crippen LogP) is 3.14. The van der Waals surface area contributed by atoms with Crippen LogP contribution >= 0.6 is 15.9 Å². The molecule has 0 radical (unpaired) electrons. The van der Waals surface area contributed by atoms with Crippen molar-refractivity contribution < 1.29 is 42.1 Å². The van der Waals surface area contributed by atoms with Gasteiger partial charge in [-0.1, -0.05) is 0 Å². The lowest BCUT2D eigenvalue weighted by atomic mass is 9.90. The van der Waals surface area contributed by atoms with Gasteiger partial charge >= 0.3 is 6.18 Å². The number of pyridine rings is 1. The van der Waals surface area contributed by atoms with E-state index < -0.39 is 48.6 Å². The average molecular weight is 521 g/mol. The van der Waals surface area contributed by atoms with E-state index in [9.17, 15) is 27.9 Å². The SMILES string of the molecule is COc1cc(C(=O)CCC(O)(c2ccc(OC)c(Br)n2)C(F)(F)F)ccc1OCC(N)=O. The quantitative estimate of drug-likeness (QED) is 0.364. The van der Waals surface area contributed by atoms with Gasteiger partial charge in [-0.25, -0.2) is 4.98 Å². The van der Waals surface area contributed by atoms with Crippen LogP contribution in [0.25, 0.3) is 0 Å². The van der Waals surface area contributed by atoms with E-state index in [4.69, 9.17) is 19.9 Å². The van der Waals surface area contributed by atoms with E-state index in [0.29, 0.717) is 0 Å². The number of ether oxygens (including phenoxy) is 3. The number of primary amides is 1. The highest BCUT2D eigenvalue weighted by Gasteiger charge is 2.56. The van der Waals surface area contributed by atoms with Crippen LogP contribution in [0.5, 0.6) is 17.2 Å². The molecule has 1 amide bonds. The molecule has 174 valence electrons. The number of nitrogens with zero attached hydrogens (tertiary/aromatic N) is 1. The number of aromatic nitrogens is 1. The molecule has 32 heavy (non-hydrogen) atoms. The maximum Gasteiger partial charge on any atom is 0.422 e. The van der Waals surface area contributed by atoms with Crippen LogP contribution in [0.2, 0.25) is 0 Å². The Kier molecular flexibility index (Phi) is 8.07. The van der Waals surface area contributed by atoms with Crippen molar-refractivity contribution in [2.45, 2.75) is 24.6 Å². The van der Waals surface area contributed by atoms with Crippen molar-refractivity contribution in [2.75, 3.05) is 20.8 Å². The molecule has 8 nitrogen and oxygen atoms in total. The minimum atomic E-state index is -5.10. The third-order valence-electron chi connectivity index (χ3n) is 4.50. The molecule has 0 spiro atoms. The van der Waals surface area contributed by atoms with Crippen molar-refractivity contribution in [1.29, 1.82) is 0 Å². The summed E-state index contributed by atoms with van der Waals surface area (Å²) in [5.74, 6) is -1.01. The highest BCUT2D eigenvalue weighted by atomic mass is 79.9. The Labute approximate surface area is 189 Å². The Morgan fingerprint density at radius 3 is 2.25 bits per heavy atom. The first-order valence-corrected chi connectivity index (χ1v) is 9.84. The molecule has 1 unspecified atom stereocenters. The van der Waals surface area contributed by atoms with E-state index in [1.54, 1.807) is 0 Å². The summed E-state index contributed by atoms with van der Waals surface area (Å²) in [4.78, 5) is 27.2. The van der Waals surface area contributed by atoms with Crippen LogP contribution in [0, 0.1) is 0 Å². The number of carbonyl (C=O) groups is 2. The number of nitrogens with two attached hydrogens (primary N) is 1. The number of hydrogen-bond acceptors (Lipinski definition) is 7. The molecule has 0 aliphatic rings. The molecule has 0 aliphatic carbocycles. The first-order chi connectivity index (χ1) is 14.9. The number of aliphatic hydroxyl groups is 1. The molecule has 0 saturated carbocycles. The lowest BCUT2D eigenvalue weighted by Gasteiger charge is -2.30. The smallest absolute Gasteiger partial charge is 0.422 e. The molecule has 3 N–H and O–H groups in total. The third-order valence-corrected chi connectivity index (χ3v) is 5.06. The Morgan fingerprint density at radius 2 is 1.72 bits per heavy atom. The molecule has 2 rings (SSSR count). The van der Waals surface area contributed by atoms with Crippen molar-refractivity contribution >= 4 is 27.6 Å². The minimum absolute atomic E-state index is 0.0252. The van der Waals surface area contributed by atoms with Gasteiger partial charge in [-0.05, 0) is 52.7 Å². The molecule has 0 fully saturated rings. The summed E-state index contributed by atoms with van der Waals surface area (Å²) in [5, 5.41) is 10.5. The molecule has 2 aromatic rings. The lowest BCUT2D eigenvalue weighted by molar-refractivity contribution is -0.270. The van der Waals surface area contributed by atoms with E-state index in [2.05, 4.69) is 20.9 Å². The molecular formula is C20H20BrF3N2O6. The third kappa shape index (κ3) is 5.68. The van der Waals surface area contributed by atoms with Crippen LogP contribution in [-0.4, -0.2) is 48.8 Å². The topological polar surface area (TPSA) is 121 Å². The molecule has 1 aromatic carbocycles. The highest BCUT2D eigenvalue weighted by Crippen LogP contribution is 2.43. The number of Topliss-reactive ketones (excluding diaryl/α,β-unsaturated/α-hetero) is 1. The molecule has 0 aliphatic heterocycles. The maximum atomic E-state index is 13.8. The van der Waals surface area contributed by atoms with Gasteiger partial charge in [0.2, 0.25) is 5.60 Å². The highest BCUT2D eigenvalue weighted by molar-refractivity contribution is 9.10. The second kappa shape index (κ2) is 10.2. The average Bonchev–Trinajstić information content (AvgIpc) is 2.74. The van der Waals surface area contributed by atoms with E-state index in [1.807, 2.05) is 0 Å². The number of benzene rings is 1. The monoisotopic (exact) mass is 520 g/mol. The first kappa shape index (κ1) is 25.4. The number of amides is 1. The Balaban J connectivity index is 2.26. The summed E-state index contributed by atoms with van der Waals surface area (Å²) < 4.78 is 56.4. The van der Waals surface area contributed by atoms with Gasteiger partial charge in [0.05, 0.1) is 19.9 Å². The number of hydrogen-bond donors (Lipinski definition) is 2. The van der Waals surface area contributed by atoms with Crippen LogP contribution in [-0.2, 0) is 10.4 Å². The second-order valence-corrected chi connectivity index (χ2v) is 7.34. The molecule has 0 bridgehead atoms. The van der Waals surface area contributed by atoms with Crippen LogP contribution in [0.1, 0.15) is 28.9 Å². The fraction of sp³-hybridized carbons (Fsp3) is 0.350. The van der Waals surface area contributed by atoms with E-state index in [0.717, 1.165) is 6.07 Å². The van der Waals surface area contributed by atoms with E-state index in [-0.39, 0.29) is 27.4 Å². The van der Waals surface area contributed by atoms with Crippen molar-refractivity contribution in [3.05, 3.63) is 46.2 Å². The second-order valence-electron chi connectivity index (χ2n) is 6.59. The zero-order valence-corrected chi connectivity index (χ0v) is 18.6. The number of methoxy groups -OCH3 is 2. The molecule has 1 heterocycles. The van der Waals surface area contributed by atoms with Crippen molar-refractivity contribution in [3.8, 4) is 17.2 Å². The fourth-order valence-corrected chi connectivity index (χ4v) is 3.25. The number of alkyl halides is 3. The van der Waals surface area contributed by atoms with Crippen molar-refractivity contribution in [1.82, 2.24) is 4.98 Å². The van der Waals surface area contributed by atoms with Crippen LogP contribution in [0.4, 0.5) is 13.2 Å².